The van der Waals surface area contributed by atoms with Crippen LogP contribution in [0.1, 0.15) is 56.4 Å². The van der Waals surface area contributed by atoms with Crippen molar-refractivity contribution in [3.63, 3.8) is 0 Å². The monoisotopic (exact) mass is 407 g/mol. The quantitative estimate of drug-likeness (QED) is 0.656. The summed E-state index contributed by atoms with van der Waals surface area (Å²) in [6.07, 6.45) is 0.725. The van der Waals surface area contributed by atoms with Gasteiger partial charge in [0.25, 0.3) is 0 Å². The lowest BCUT2D eigenvalue weighted by molar-refractivity contribution is 0.0697. The first-order valence-corrected chi connectivity index (χ1v) is 10.2. The standard InChI is InChI=1S/C24H29N3O3/c1-16(2)14-21-25-27(24(3,4)5)23(30)26(21)15-17-10-12-18(13-11-17)19-8-6-7-9-20(19)22(28)29/h6-13,16H,14-15H2,1-5H3,(H,28,29). The third-order valence-electron chi connectivity index (χ3n) is 4.93. The molecular weight excluding hydrogens is 378 g/mol. The summed E-state index contributed by atoms with van der Waals surface area (Å²) in [5.74, 6) is 0.216. The number of carboxylic acid groups (broad SMARTS) is 1. The molecule has 158 valence electrons. The van der Waals surface area contributed by atoms with Crippen LogP contribution in [0.5, 0.6) is 0 Å². The molecule has 1 N–H and O–H groups in total. The molecule has 3 aromatic rings. The van der Waals surface area contributed by atoms with E-state index in [4.69, 9.17) is 0 Å². The zero-order valence-electron chi connectivity index (χ0n) is 18.2. The van der Waals surface area contributed by atoms with Crippen molar-refractivity contribution < 1.29 is 9.90 Å². The maximum Gasteiger partial charge on any atom is 0.346 e. The molecule has 1 aromatic heterocycles. The molecule has 0 spiro atoms. The van der Waals surface area contributed by atoms with E-state index in [1.807, 2.05) is 51.1 Å². The van der Waals surface area contributed by atoms with Gasteiger partial charge < -0.3 is 5.11 Å². The molecular formula is C24H29N3O3. The van der Waals surface area contributed by atoms with Crippen molar-refractivity contribution in [2.24, 2.45) is 5.92 Å². The number of aromatic carboxylic acids is 1. The second-order valence-electron chi connectivity index (χ2n) is 9.01. The molecule has 6 nitrogen and oxygen atoms in total. The maximum atomic E-state index is 13.0. The number of nitrogens with zero attached hydrogens (tertiary/aromatic N) is 3. The fraction of sp³-hybridized carbons (Fsp3) is 0.375. The van der Waals surface area contributed by atoms with Gasteiger partial charge in [0.05, 0.1) is 17.6 Å². The smallest absolute Gasteiger partial charge is 0.346 e. The number of benzene rings is 2. The minimum atomic E-state index is -0.950. The third-order valence-corrected chi connectivity index (χ3v) is 4.93. The first kappa shape index (κ1) is 21.6. The molecule has 0 amide bonds. The van der Waals surface area contributed by atoms with Gasteiger partial charge in [-0.15, -0.1) is 0 Å². The minimum Gasteiger partial charge on any atom is -0.478 e. The Morgan fingerprint density at radius 2 is 1.70 bits per heavy atom. The van der Waals surface area contributed by atoms with Gasteiger partial charge in [-0.2, -0.15) is 5.10 Å². The van der Waals surface area contributed by atoms with Gasteiger partial charge in [0.2, 0.25) is 0 Å². The Morgan fingerprint density at radius 3 is 2.27 bits per heavy atom. The van der Waals surface area contributed by atoms with Gasteiger partial charge in [-0.25, -0.2) is 14.3 Å². The second-order valence-corrected chi connectivity index (χ2v) is 9.01. The van der Waals surface area contributed by atoms with E-state index in [1.54, 1.807) is 27.4 Å². The molecule has 0 unspecified atom stereocenters. The van der Waals surface area contributed by atoms with Gasteiger partial charge >= 0.3 is 11.7 Å². The number of hydrogen-bond donors (Lipinski definition) is 1. The van der Waals surface area contributed by atoms with Crippen LogP contribution >= 0.6 is 0 Å². The normalized spacial score (nSPS) is 11.8. The van der Waals surface area contributed by atoms with Gasteiger partial charge in [-0.3, -0.25) is 4.57 Å². The average molecular weight is 408 g/mol. The highest BCUT2D eigenvalue weighted by atomic mass is 16.4. The van der Waals surface area contributed by atoms with E-state index < -0.39 is 11.5 Å². The molecule has 0 aliphatic heterocycles. The molecule has 2 aromatic carbocycles. The van der Waals surface area contributed by atoms with E-state index >= 15 is 0 Å². The summed E-state index contributed by atoms with van der Waals surface area (Å²) in [4.78, 5) is 24.5. The van der Waals surface area contributed by atoms with E-state index in [1.165, 1.54) is 0 Å². The van der Waals surface area contributed by atoms with E-state index in [0.717, 1.165) is 23.4 Å². The fourth-order valence-electron chi connectivity index (χ4n) is 3.44. The van der Waals surface area contributed by atoms with Crippen LogP contribution in [-0.2, 0) is 18.5 Å². The van der Waals surface area contributed by atoms with Gasteiger partial charge in [0, 0.05) is 6.42 Å². The van der Waals surface area contributed by atoms with Crippen LogP contribution in [0.3, 0.4) is 0 Å². The van der Waals surface area contributed by atoms with Crippen molar-refractivity contribution in [2.45, 2.75) is 53.1 Å². The van der Waals surface area contributed by atoms with Crippen LogP contribution in [-0.4, -0.2) is 25.4 Å². The number of aromatic nitrogens is 3. The SMILES string of the molecule is CC(C)Cc1nn(C(C)(C)C)c(=O)n1Cc1ccc(-c2ccccc2C(=O)O)cc1. The third kappa shape index (κ3) is 4.53. The second kappa shape index (κ2) is 8.30. The topological polar surface area (TPSA) is 77.1 Å². The Balaban J connectivity index is 1.95. The van der Waals surface area contributed by atoms with Crippen LogP contribution in [0.4, 0.5) is 0 Å². The molecule has 0 saturated carbocycles. The lowest BCUT2D eigenvalue weighted by Crippen LogP contribution is -2.36. The Labute approximate surface area is 176 Å². The number of rotatable bonds is 6. The summed E-state index contributed by atoms with van der Waals surface area (Å²) in [6, 6.07) is 14.6. The highest BCUT2D eigenvalue weighted by molar-refractivity contribution is 5.95. The van der Waals surface area contributed by atoms with Crippen LogP contribution in [0.15, 0.2) is 53.3 Å². The van der Waals surface area contributed by atoms with Crippen molar-refractivity contribution >= 4 is 5.97 Å². The summed E-state index contributed by atoms with van der Waals surface area (Å²) < 4.78 is 3.30. The van der Waals surface area contributed by atoms with Crippen molar-refractivity contribution in [3.8, 4) is 11.1 Å². The summed E-state index contributed by atoms with van der Waals surface area (Å²) in [5.41, 5.74) is 2.24. The van der Waals surface area contributed by atoms with Gasteiger partial charge in [-0.1, -0.05) is 56.3 Å². The maximum absolute atomic E-state index is 13.0. The Kier molecular flexibility index (Phi) is 5.97. The van der Waals surface area contributed by atoms with Gasteiger partial charge in [0.1, 0.15) is 5.82 Å². The zero-order valence-corrected chi connectivity index (χ0v) is 18.2. The summed E-state index contributed by atoms with van der Waals surface area (Å²) in [5, 5.41) is 14.0. The lowest BCUT2D eigenvalue weighted by Gasteiger charge is -2.17. The van der Waals surface area contributed by atoms with Crippen molar-refractivity contribution in [1.29, 1.82) is 0 Å². The van der Waals surface area contributed by atoms with Crippen molar-refractivity contribution in [2.75, 3.05) is 0 Å². The molecule has 0 radical (unpaired) electrons. The Bertz CT molecular complexity index is 1100. The summed E-state index contributed by atoms with van der Waals surface area (Å²) in [6.45, 7) is 10.6. The fourth-order valence-corrected chi connectivity index (χ4v) is 3.44. The predicted octanol–water partition coefficient (Wildman–Crippen LogP) is 4.41. The molecule has 6 heteroatoms. The van der Waals surface area contributed by atoms with Crippen molar-refractivity contribution in [1.82, 2.24) is 14.3 Å². The average Bonchev–Trinajstić information content (AvgIpc) is 2.98. The van der Waals surface area contributed by atoms with E-state index in [-0.39, 0.29) is 11.3 Å². The van der Waals surface area contributed by atoms with Crippen LogP contribution < -0.4 is 5.69 Å². The number of hydrogen-bond acceptors (Lipinski definition) is 3. The summed E-state index contributed by atoms with van der Waals surface area (Å²) in [7, 11) is 0. The molecule has 0 fully saturated rings. The minimum absolute atomic E-state index is 0.113. The predicted molar refractivity (Wildman–Crippen MR) is 118 cm³/mol. The number of carbonyl (C=O) groups is 1. The number of carboxylic acids is 1. The molecule has 0 saturated heterocycles. The van der Waals surface area contributed by atoms with Crippen LogP contribution in [0.25, 0.3) is 11.1 Å². The molecule has 0 aliphatic rings. The van der Waals surface area contributed by atoms with Crippen LogP contribution in [0, 0.1) is 5.92 Å². The summed E-state index contributed by atoms with van der Waals surface area (Å²) >= 11 is 0. The van der Waals surface area contributed by atoms with E-state index in [2.05, 4.69) is 18.9 Å². The molecule has 0 atom stereocenters. The Hall–Kier alpha value is -3.15. The van der Waals surface area contributed by atoms with E-state index in [0.29, 0.717) is 18.0 Å². The molecule has 3 rings (SSSR count). The van der Waals surface area contributed by atoms with Gasteiger partial charge in [-0.05, 0) is 49.4 Å². The molecule has 1 heterocycles. The highest BCUT2D eigenvalue weighted by Crippen LogP contribution is 2.24. The highest BCUT2D eigenvalue weighted by Gasteiger charge is 2.23. The van der Waals surface area contributed by atoms with Crippen LogP contribution in [0.2, 0.25) is 0 Å². The zero-order chi connectivity index (χ0) is 22.1. The van der Waals surface area contributed by atoms with Gasteiger partial charge in [0.15, 0.2) is 0 Å². The Morgan fingerprint density at radius 1 is 1.07 bits per heavy atom. The molecule has 0 aliphatic carbocycles. The molecule has 0 bridgehead atoms. The first-order chi connectivity index (χ1) is 14.1. The molecule has 30 heavy (non-hydrogen) atoms. The van der Waals surface area contributed by atoms with Crippen molar-refractivity contribution in [3.05, 3.63) is 76.0 Å². The first-order valence-electron chi connectivity index (χ1n) is 10.2. The lowest BCUT2D eigenvalue weighted by atomic mass is 9.99. The largest absolute Gasteiger partial charge is 0.478 e. The van der Waals surface area contributed by atoms with E-state index in [9.17, 15) is 14.7 Å².